The molecule has 0 aliphatic carbocycles. The minimum Gasteiger partial charge on any atom is -0.335 e. The second-order valence-electron chi connectivity index (χ2n) is 3.41. The lowest BCUT2D eigenvalue weighted by Gasteiger charge is -2.34. The molecular formula is C8H14N4O. The van der Waals surface area contributed by atoms with E-state index in [0.29, 0.717) is 6.54 Å². The molecule has 5 heteroatoms. The number of hydrazine groups is 1. The standard InChI is InChI=1S/C8H14N4O/c1-6(13)11-2-3-12-7(5-11)4-8(9)10-12/h4,8,10H,2-3,5,9H2,1H3. The third kappa shape index (κ3) is 1.52. The van der Waals surface area contributed by atoms with Gasteiger partial charge in [-0.3, -0.25) is 4.79 Å². The van der Waals surface area contributed by atoms with Crippen LogP contribution in [0, 0.1) is 0 Å². The monoisotopic (exact) mass is 182 g/mol. The van der Waals surface area contributed by atoms with Crippen LogP contribution in [0.15, 0.2) is 11.8 Å². The maximum atomic E-state index is 11.1. The van der Waals surface area contributed by atoms with Crippen LogP contribution in [0.4, 0.5) is 0 Å². The van der Waals surface area contributed by atoms with Crippen molar-refractivity contribution in [2.24, 2.45) is 5.73 Å². The smallest absolute Gasteiger partial charge is 0.219 e. The molecule has 0 radical (unpaired) electrons. The summed E-state index contributed by atoms with van der Waals surface area (Å²) in [5, 5.41) is 2.02. The van der Waals surface area contributed by atoms with Gasteiger partial charge in [0, 0.05) is 19.2 Å². The van der Waals surface area contributed by atoms with E-state index in [4.69, 9.17) is 5.73 Å². The fourth-order valence-electron chi connectivity index (χ4n) is 1.71. The molecule has 0 saturated carbocycles. The van der Waals surface area contributed by atoms with Crippen LogP contribution in [0.2, 0.25) is 0 Å². The largest absolute Gasteiger partial charge is 0.335 e. The van der Waals surface area contributed by atoms with E-state index in [-0.39, 0.29) is 12.1 Å². The first-order valence-corrected chi connectivity index (χ1v) is 4.42. The Labute approximate surface area is 77.1 Å². The molecule has 0 aromatic rings. The van der Waals surface area contributed by atoms with Crippen LogP contribution in [0.3, 0.4) is 0 Å². The molecule has 13 heavy (non-hydrogen) atoms. The predicted molar refractivity (Wildman–Crippen MR) is 48.2 cm³/mol. The van der Waals surface area contributed by atoms with E-state index in [9.17, 15) is 4.79 Å². The van der Waals surface area contributed by atoms with E-state index < -0.39 is 0 Å². The minimum atomic E-state index is -0.0955. The molecule has 0 spiro atoms. The van der Waals surface area contributed by atoms with Crippen LogP contribution in [0.1, 0.15) is 6.92 Å². The van der Waals surface area contributed by atoms with Gasteiger partial charge in [0.25, 0.3) is 0 Å². The van der Waals surface area contributed by atoms with Crippen molar-refractivity contribution in [3.8, 4) is 0 Å². The lowest BCUT2D eigenvalue weighted by atomic mass is 10.3. The molecule has 5 nitrogen and oxygen atoms in total. The van der Waals surface area contributed by atoms with Gasteiger partial charge in [0.05, 0.1) is 19.3 Å². The number of amides is 1. The van der Waals surface area contributed by atoms with E-state index in [1.165, 1.54) is 0 Å². The summed E-state index contributed by atoms with van der Waals surface area (Å²) in [6.45, 7) is 3.86. The van der Waals surface area contributed by atoms with Crippen molar-refractivity contribution in [3.05, 3.63) is 11.8 Å². The van der Waals surface area contributed by atoms with E-state index in [0.717, 1.165) is 18.8 Å². The molecule has 1 saturated heterocycles. The maximum absolute atomic E-state index is 11.1. The Morgan fingerprint density at radius 2 is 2.46 bits per heavy atom. The van der Waals surface area contributed by atoms with Crippen molar-refractivity contribution in [1.29, 1.82) is 0 Å². The zero-order valence-corrected chi connectivity index (χ0v) is 7.66. The number of nitrogens with two attached hydrogens (primary N) is 1. The number of fused-ring (bicyclic) bond motifs is 1. The Balaban J connectivity index is 2.07. The van der Waals surface area contributed by atoms with Crippen molar-refractivity contribution < 1.29 is 4.79 Å². The fourth-order valence-corrected chi connectivity index (χ4v) is 1.71. The summed E-state index contributed by atoms with van der Waals surface area (Å²) in [6, 6.07) is 0. The normalized spacial score (nSPS) is 27.2. The third-order valence-electron chi connectivity index (χ3n) is 2.42. The number of carbonyl (C=O) groups is 1. The van der Waals surface area contributed by atoms with E-state index >= 15 is 0 Å². The van der Waals surface area contributed by atoms with Gasteiger partial charge < -0.3 is 15.6 Å². The highest BCUT2D eigenvalue weighted by atomic mass is 16.2. The Bertz CT molecular complexity index is 263. The molecule has 2 aliphatic rings. The zero-order valence-electron chi connectivity index (χ0n) is 7.66. The summed E-state index contributed by atoms with van der Waals surface area (Å²) < 4.78 is 0. The summed E-state index contributed by atoms with van der Waals surface area (Å²) >= 11 is 0. The van der Waals surface area contributed by atoms with E-state index in [2.05, 4.69) is 5.43 Å². The summed E-state index contributed by atoms with van der Waals surface area (Å²) in [7, 11) is 0. The number of carbonyl (C=O) groups excluding carboxylic acids is 1. The van der Waals surface area contributed by atoms with Crippen molar-refractivity contribution in [2.45, 2.75) is 13.1 Å². The van der Waals surface area contributed by atoms with E-state index in [1.807, 2.05) is 16.0 Å². The predicted octanol–water partition coefficient (Wildman–Crippen LogP) is -1.16. The average molecular weight is 182 g/mol. The first-order chi connectivity index (χ1) is 6.16. The molecule has 3 N–H and O–H groups in total. The zero-order chi connectivity index (χ0) is 9.42. The lowest BCUT2D eigenvalue weighted by molar-refractivity contribution is -0.129. The van der Waals surface area contributed by atoms with Gasteiger partial charge in [0.1, 0.15) is 0 Å². The topological polar surface area (TPSA) is 61.6 Å². The number of hydrogen-bond donors (Lipinski definition) is 2. The number of hydrogen-bond acceptors (Lipinski definition) is 4. The molecular weight excluding hydrogens is 168 g/mol. The van der Waals surface area contributed by atoms with Crippen molar-refractivity contribution in [1.82, 2.24) is 15.3 Å². The Kier molecular flexibility index (Phi) is 1.97. The molecule has 1 unspecified atom stereocenters. The van der Waals surface area contributed by atoms with Gasteiger partial charge in [-0.15, -0.1) is 0 Å². The van der Waals surface area contributed by atoms with Crippen LogP contribution >= 0.6 is 0 Å². The van der Waals surface area contributed by atoms with Gasteiger partial charge in [0.2, 0.25) is 5.91 Å². The molecule has 2 heterocycles. The minimum absolute atomic E-state index is 0.0955. The number of nitrogens with one attached hydrogen (secondary N) is 1. The van der Waals surface area contributed by atoms with Gasteiger partial charge in [0.15, 0.2) is 0 Å². The molecule has 2 rings (SSSR count). The van der Waals surface area contributed by atoms with Gasteiger partial charge in [-0.25, -0.2) is 5.43 Å². The highest BCUT2D eigenvalue weighted by Crippen LogP contribution is 2.15. The molecule has 0 aromatic carbocycles. The van der Waals surface area contributed by atoms with Crippen molar-refractivity contribution in [2.75, 3.05) is 19.6 Å². The third-order valence-corrected chi connectivity index (χ3v) is 2.42. The van der Waals surface area contributed by atoms with E-state index in [1.54, 1.807) is 6.92 Å². The number of rotatable bonds is 0. The highest BCUT2D eigenvalue weighted by Gasteiger charge is 2.27. The van der Waals surface area contributed by atoms with Crippen LogP contribution in [0.25, 0.3) is 0 Å². The first-order valence-electron chi connectivity index (χ1n) is 4.42. The molecule has 1 atom stereocenters. The SMILES string of the molecule is CC(=O)N1CCN2NC(N)C=C2C1. The summed E-state index contributed by atoms with van der Waals surface area (Å²) in [5.41, 5.74) is 9.88. The van der Waals surface area contributed by atoms with Gasteiger partial charge in [-0.2, -0.15) is 0 Å². The average Bonchev–Trinajstić information content (AvgIpc) is 2.42. The molecule has 72 valence electrons. The summed E-state index contributed by atoms with van der Waals surface area (Å²) in [4.78, 5) is 12.9. The molecule has 1 amide bonds. The maximum Gasteiger partial charge on any atom is 0.219 e. The number of nitrogens with zero attached hydrogens (tertiary/aromatic N) is 2. The molecule has 0 bridgehead atoms. The van der Waals surface area contributed by atoms with Crippen molar-refractivity contribution in [3.63, 3.8) is 0 Å². The Hall–Kier alpha value is -1.07. The van der Waals surface area contributed by atoms with Gasteiger partial charge in [-0.05, 0) is 6.08 Å². The van der Waals surface area contributed by atoms with Crippen LogP contribution in [-0.2, 0) is 4.79 Å². The molecule has 2 aliphatic heterocycles. The van der Waals surface area contributed by atoms with Gasteiger partial charge >= 0.3 is 0 Å². The summed E-state index contributed by atoms with van der Waals surface area (Å²) in [5.74, 6) is 0.126. The Morgan fingerprint density at radius 1 is 1.69 bits per heavy atom. The second-order valence-corrected chi connectivity index (χ2v) is 3.41. The van der Waals surface area contributed by atoms with Crippen molar-refractivity contribution >= 4 is 5.91 Å². The fraction of sp³-hybridized carbons (Fsp3) is 0.625. The first kappa shape index (κ1) is 8.52. The lowest BCUT2D eigenvalue weighted by Crippen LogP contribution is -2.50. The quantitative estimate of drug-likeness (QED) is 0.496. The number of piperazine rings is 1. The Morgan fingerprint density at radius 3 is 3.15 bits per heavy atom. The molecule has 1 fully saturated rings. The van der Waals surface area contributed by atoms with Crippen LogP contribution in [-0.4, -0.2) is 41.6 Å². The molecule has 0 aromatic heterocycles. The highest BCUT2D eigenvalue weighted by molar-refractivity contribution is 5.73. The van der Waals surface area contributed by atoms with Crippen LogP contribution in [0.5, 0.6) is 0 Å². The summed E-state index contributed by atoms with van der Waals surface area (Å²) in [6.07, 6.45) is 1.86. The van der Waals surface area contributed by atoms with Gasteiger partial charge in [-0.1, -0.05) is 0 Å². The van der Waals surface area contributed by atoms with Crippen LogP contribution < -0.4 is 11.2 Å². The second kappa shape index (κ2) is 3.01.